The average Bonchev–Trinajstić information content (AvgIpc) is 2.15. The summed E-state index contributed by atoms with van der Waals surface area (Å²) in [6.07, 6.45) is -2.96. The highest BCUT2D eigenvalue weighted by molar-refractivity contribution is 6.35. The van der Waals surface area contributed by atoms with Crippen LogP contribution in [-0.4, -0.2) is 28.3 Å². The van der Waals surface area contributed by atoms with Gasteiger partial charge in [0.15, 0.2) is 0 Å². The van der Waals surface area contributed by atoms with Crippen LogP contribution in [0.4, 0.5) is 10.5 Å². The highest BCUT2D eigenvalue weighted by Gasteiger charge is 2.26. The largest absolute Gasteiger partial charge is 0.464 e. The third-order valence-corrected chi connectivity index (χ3v) is 2.31. The molecule has 1 unspecified atom stereocenters. The summed E-state index contributed by atoms with van der Waals surface area (Å²) in [5.41, 5.74) is -0.0131. The number of carbonyl (C=O) groups is 2. The number of halogens is 2. The molecule has 0 aromatic heterocycles. The number of amides is 2. The minimum atomic E-state index is -1.52. The fourth-order valence-electron chi connectivity index (χ4n) is 1.19. The molecule has 2 amide bonds. The van der Waals surface area contributed by atoms with E-state index in [2.05, 4.69) is 0 Å². The molecule has 0 saturated heterocycles. The van der Waals surface area contributed by atoms with E-state index in [-0.39, 0.29) is 15.7 Å². The molecular formula is C10H9Cl2NO4. The zero-order chi connectivity index (χ0) is 13.2. The second-order valence-electron chi connectivity index (χ2n) is 3.26. The number of aliphatic hydroxyl groups is 1. The van der Waals surface area contributed by atoms with E-state index in [1.807, 2.05) is 0 Å². The minimum Gasteiger partial charge on any atom is -0.464 e. The molecule has 0 heterocycles. The molecule has 17 heavy (non-hydrogen) atoms. The topological polar surface area (TPSA) is 77.8 Å². The van der Waals surface area contributed by atoms with Crippen molar-refractivity contribution in [1.82, 2.24) is 0 Å². The Morgan fingerprint density at radius 1 is 1.24 bits per heavy atom. The summed E-state index contributed by atoms with van der Waals surface area (Å²) in [5.74, 6) is -0.976. The zero-order valence-electron chi connectivity index (χ0n) is 8.72. The molecule has 0 aliphatic rings. The molecule has 92 valence electrons. The van der Waals surface area contributed by atoms with E-state index in [0.717, 1.165) is 0 Å². The van der Waals surface area contributed by atoms with Gasteiger partial charge in [-0.3, -0.25) is 4.79 Å². The monoisotopic (exact) mass is 277 g/mol. The lowest BCUT2D eigenvalue weighted by atomic mass is 10.2. The van der Waals surface area contributed by atoms with Gasteiger partial charge in [-0.25, -0.2) is 9.69 Å². The number of carbonyl (C=O) groups excluding carboxylic acids is 1. The first-order valence-corrected chi connectivity index (χ1v) is 5.29. The number of anilines is 1. The molecule has 0 bridgehead atoms. The number of imide groups is 1. The predicted octanol–water partition coefficient (Wildman–Crippen LogP) is 2.39. The first-order chi connectivity index (χ1) is 7.82. The second-order valence-corrected chi connectivity index (χ2v) is 4.13. The van der Waals surface area contributed by atoms with E-state index in [1.165, 1.54) is 25.1 Å². The van der Waals surface area contributed by atoms with Crippen molar-refractivity contribution >= 4 is 40.9 Å². The molecule has 0 fully saturated rings. The maximum absolute atomic E-state index is 11.5. The third-order valence-electron chi connectivity index (χ3n) is 1.87. The number of hydrogen-bond acceptors (Lipinski definition) is 3. The van der Waals surface area contributed by atoms with Crippen LogP contribution in [0.5, 0.6) is 0 Å². The smallest absolute Gasteiger partial charge is 0.418 e. The van der Waals surface area contributed by atoms with E-state index in [1.54, 1.807) is 0 Å². The standard InChI is InChI=1S/C10H9Cl2NO4/c1-5(14)9(15)13(10(16)17)8-3-6(11)2-7(12)4-8/h2-5,14H,1H3,(H,16,17). The predicted molar refractivity (Wildman–Crippen MR) is 63.7 cm³/mol. The fourth-order valence-corrected chi connectivity index (χ4v) is 1.70. The number of benzene rings is 1. The zero-order valence-corrected chi connectivity index (χ0v) is 10.2. The van der Waals surface area contributed by atoms with Crippen molar-refractivity contribution in [2.24, 2.45) is 0 Å². The lowest BCUT2D eigenvalue weighted by molar-refractivity contribution is -0.125. The molecule has 0 aliphatic heterocycles. The Hall–Kier alpha value is -1.30. The van der Waals surface area contributed by atoms with E-state index >= 15 is 0 Å². The summed E-state index contributed by atoms with van der Waals surface area (Å²) in [7, 11) is 0. The summed E-state index contributed by atoms with van der Waals surface area (Å²) < 4.78 is 0. The van der Waals surface area contributed by atoms with Crippen LogP contribution in [0.3, 0.4) is 0 Å². The summed E-state index contributed by atoms with van der Waals surface area (Å²) in [6, 6.07) is 3.93. The van der Waals surface area contributed by atoms with Gasteiger partial charge < -0.3 is 10.2 Å². The van der Waals surface area contributed by atoms with Gasteiger partial charge in [0.2, 0.25) is 0 Å². The van der Waals surface area contributed by atoms with Crippen LogP contribution in [0.15, 0.2) is 18.2 Å². The van der Waals surface area contributed by atoms with E-state index in [0.29, 0.717) is 4.90 Å². The van der Waals surface area contributed by atoms with Gasteiger partial charge in [0, 0.05) is 10.0 Å². The highest BCUT2D eigenvalue weighted by Crippen LogP contribution is 2.26. The molecule has 5 nitrogen and oxygen atoms in total. The van der Waals surface area contributed by atoms with Crippen molar-refractivity contribution in [2.75, 3.05) is 4.90 Å². The lowest BCUT2D eigenvalue weighted by Gasteiger charge is -2.19. The first kappa shape index (κ1) is 13.8. The maximum atomic E-state index is 11.5. The van der Waals surface area contributed by atoms with E-state index in [4.69, 9.17) is 33.4 Å². The van der Waals surface area contributed by atoms with Crippen molar-refractivity contribution in [3.05, 3.63) is 28.2 Å². The maximum Gasteiger partial charge on any atom is 0.418 e. The molecule has 2 N–H and O–H groups in total. The second kappa shape index (κ2) is 5.35. The Kier molecular flexibility index (Phi) is 4.34. The Morgan fingerprint density at radius 2 is 1.71 bits per heavy atom. The van der Waals surface area contributed by atoms with Crippen LogP contribution in [0.25, 0.3) is 0 Å². The average molecular weight is 278 g/mol. The van der Waals surface area contributed by atoms with Gasteiger partial charge in [-0.1, -0.05) is 23.2 Å². The van der Waals surface area contributed by atoms with Gasteiger partial charge in [0.1, 0.15) is 6.10 Å². The molecule has 0 spiro atoms. The Labute approximate surface area is 107 Å². The van der Waals surface area contributed by atoms with Crippen LogP contribution in [0.2, 0.25) is 10.0 Å². The number of carboxylic acid groups (broad SMARTS) is 1. The Bertz CT molecular complexity index is 441. The SMILES string of the molecule is CC(O)C(=O)N(C(=O)O)c1cc(Cl)cc(Cl)c1. The molecule has 1 aromatic carbocycles. The minimum absolute atomic E-state index is 0.0131. The molecule has 1 rings (SSSR count). The van der Waals surface area contributed by atoms with Gasteiger partial charge in [-0.15, -0.1) is 0 Å². The summed E-state index contributed by atoms with van der Waals surface area (Å²) in [5, 5.41) is 18.4. The van der Waals surface area contributed by atoms with Gasteiger partial charge in [0.05, 0.1) is 5.69 Å². The molecule has 7 heteroatoms. The van der Waals surface area contributed by atoms with Crippen LogP contribution in [0, 0.1) is 0 Å². The van der Waals surface area contributed by atoms with Gasteiger partial charge in [-0.05, 0) is 25.1 Å². The van der Waals surface area contributed by atoms with Crippen molar-refractivity contribution in [3.63, 3.8) is 0 Å². The van der Waals surface area contributed by atoms with E-state index in [9.17, 15) is 9.59 Å². The first-order valence-electron chi connectivity index (χ1n) is 4.54. The van der Waals surface area contributed by atoms with Gasteiger partial charge in [-0.2, -0.15) is 0 Å². The van der Waals surface area contributed by atoms with Gasteiger partial charge >= 0.3 is 6.09 Å². The number of hydrogen-bond donors (Lipinski definition) is 2. The lowest BCUT2D eigenvalue weighted by Crippen LogP contribution is -2.41. The normalized spacial score (nSPS) is 12.0. The Balaban J connectivity index is 3.23. The molecule has 1 aromatic rings. The molecule has 0 saturated carbocycles. The van der Waals surface area contributed by atoms with Crippen LogP contribution >= 0.6 is 23.2 Å². The third kappa shape index (κ3) is 3.33. The summed E-state index contributed by atoms with van der Waals surface area (Å²) in [6.45, 7) is 1.17. The van der Waals surface area contributed by atoms with Crippen molar-refractivity contribution in [1.29, 1.82) is 0 Å². The number of nitrogens with zero attached hydrogens (tertiary/aromatic N) is 1. The van der Waals surface area contributed by atoms with Crippen molar-refractivity contribution in [2.45, 2.75) is 13.0 Å². The van der Waals surface area contributed by atoms with Crippen molar-refractivity contribution in [3.8, 4) is 0 Å². The van der Waals surface area contributed by atoms with Gasteiger partial charge in [0.25, 0.3) is 5.91 Å². The Morgan fingerprint density at radius 3 is 2.06 bits per heavy atom. The van der Waals surface area contributed by atoms with Crippen LogP contribution in [0.1, 0.15) is 6.92 Å². The molecular weight excluding hydrogens is 269 g/mol. The molecule has 0 aliphatic carbocycles. The molecule has 0 radical (unpaired) electrons. The van der Waals surface area contributed by atoms with Crippen LogP contribution < -0.4 is 4.90 Å². The summed E-state index contributed by atoms with van der Waals surface area (Å²) in [4.78, 5) is 22.9. The summed E-state index contributed by atoms with van der Waals surface area (Å²) >= 11 is 11.4. The van der Waals surface area contributed by atoms with Crippen molar-refractivity contribution < 1.29 is 19.8 Å². The molecule has 1 atom stereocenters. The quantitative estimate of drug-likeness (QED) is 0.870. The van der Waals surface area contributed by atoms with Crippen LogP contribution in [-0.2, 0) is 4.79 Å². The fraction of sp³-hybridized carbons (Fsp3) is 0.200. The van der Waals surface area contributed by atoms with E-state index < -0.39 is 18.1 Å². The number of rotatable bonds is 2. The highest BCUT2D eigenvalue weighted by atomic mass is 35.5. The number of aliphatic hydroxyl groups excluding tert-OH is 1.